The van der Waals surface area contributed by atoms with E-state index < -0.39 is 0 Å². The number of nitrogens with zero attached hydrogens (tertiary/aromatic N) is 8. The lowest BCUT2D eigenvalue weighted by Gasteiger charge is -2.08. The van der Waals surface area contributed by atoms with Crippen molar-refractivity contribution >= 4 is 17.0 Å². The summed E-state index contributed by atoms with van der Waals surface area (Å²) in [7, 11) is 1.88. The number of nitrogen functional groups attached to an aromatic ring is 1. The maximum Gasteiger partial charge on any atom is 0.235 e. The number of hydrogen-bond acceptors (Lipinski definition) is 6. The molecule has 0 amide bonds. The largest absolute Gasteiger partial charge is 0.368 e. The predicted molar refractivity (Wildman–Crippen MR) is 84.7 cm³/mol. The lowest BCUT2D eigenvalue weighted by atomic mass is 10.1. The Morgan fingerprint density at radius 1 is 1.17 bits per heavy atom. The number of hydrogen-bond donors (Lipinski definition) is 1. The van der Waals surface area contributed by atoms with E-state index in [1.807, 2.05) is 37.1 Å². The van der Waals surface area contributed by atoms with E-state index in [1.54, 1.807) is 10.9 Å². The van der Waals surface area contributed by atoms with Crippen LogP contribution in [0.15, 0.2) is 31.1 Å². The molecule has 23 heavy (non-hydrogen) atoms. The van der Waals surface area contributed by atoms with Gasteiger partial charge in [0.2, 0.25) is 11.9 Å². The highest BCUT2D eigenvalue weighted by molar-refractivity contribution is 5.92. The van der Waals surface area contributed by atoms with Crippen LogP contribution in [0, 0.1) is 0 Å². The standard InChI is InChI=1S/C14H15N9/c1-3-22-12-10(9-4-18-21(2)7-9)5-16-6-11(12)20-14(22)23-13(15)17-8-19-23/h4-8H,3H2,1-2H3,(H2,15,17,19). The molecular formula is C14H15N9. The molecule has 4 heterocycles. The van der Waals surface area contributed by atoms with E-state index in [4.69, 9.17) is 5.73 Å². The first-order valence-corrected chi connectivity index (χ1v) is 7.18. The van der Waals surface area contributed by atoms with Gasteiger partial charge in [-0.3, -0.25) is 9.67 Å². The van der Waals surface area contributed by atoms with Gasteiger partial charge >= 0.3 is 0 Å². The zero-order chi connectivity index (χ0) is 16.0. The summed E-state index contributed by atoms with van der Waals surface area (Å²) < 4.78 is 5.33. The Balaban J connectivity index is 2.04. The number of anilines is 1. The van der Waals surface area contributed by atoms with Crippen LogP contribution in [0.3, 0.4) is 0 Å². The van der Waals surface area contributed by atoms with Crippen molar-refractivity contribution < 1.29 is 0 Å². The van der Waals surface area contributed by atoms with Crippen molar-refractivity contribution in [1.82, 2.24) is 39.1 Å². The normalized spacial score (nSPS) is 11.4. The minimum Gasteiger partial charge on any atom is -0.368 e. The van der Waals surface area contributed by atoms with Crippen molar-refractivity contribution in [2.24, 2.45) is 7.05 Å². The topological polar surface area (TPSA) is 105 Å². The number of pyridine rings is 1. The number of imidazole rings is 1. The summed E-state index contributed by atoms with van der Waals surface area (Å²) in [4.78, 5) is 12.9. The Morgan fingerprint density at radius 2 is 2.04 bits per heavy atom. The second kappa shape index (κ2) is 4.90. The first-order chi connectivity index (χ1) is 11.2. The van der Waals surface area contributed by atoms with Crippen LogP contribution >= 0.6 is 0 Å². The molecule has 4 aromatic rings. The molecule has 0 aliphatic heterocycles. The van der Waals surface area contributed by atoms with Crippen molar-refractivity contribution in [3.63, 3.8) is 0 Å². The van der Waals surface area contributed by atoms with Gasteiger partial charge in [-0.15, -0.1) is 0 Å². The maximum absolute atomic E-state index is 5.88. The quantitative estimate of drug-likeness (QED) is 0.605. The highest BCUT2D eigenvalue weighted by Crippen LogP contribution is 2.29. The van der Waals surface area contributed by atoms with Gasteiger partial charge in [0.05, 0.1) is 17.9 Å². The average molecular weight is 309 g/mol. The molecule has 0 aliphatic carbocycles. The molecule has 0 bridgehead atoms. The summed E-state index contributed by atoms with van der Waals surface area (Å²) in [5.41, 5.74) is 9.58. The van der Waals surface area contributed by atoms with Crippen molar-refractivity contribution in [1.29, 1.82) is 0 Å². The molecule has 4 aromatic heterocycles. The zero-order valence-electron chi connectivity index (χ0n) is 12.7. The van der Waals surface area contributed by atoms with Crippen LogP contribution in [-0.2, 0) is 13.6 Å². The summed E-state index contributed by atoms with van der Waals surface area (Å²) in [5.74, 6) is 0.918. The molecular weight excluding hydrogens is 294 g/mol. The van der Waals surface area contributed by atoms with Gasteiger partial charge in [0.1, 0.15) is 11.8 Å². The van der Waals surface area contributed by atoms with Crippen molar-refractivity contribution in [3.8, 4) is 17.1 Å². The first-order valence-electron chi connectivity index (χ1n) is 7.18. The van der Waals surface area contributed by atoms with Crippen LogP contribution in [0.25, 0.3) is 28.1 Å². The van der Waals surface area contributed by atoms with Crippen LogP contribution in [0.4, 0.5) is 5.95 Å². The fraction of sp³-hybridized carbons (Fsp3) is 0.214. The van der Waals surface area contributed by atoms with E-state index in [-0.39, 0.29) is 0 Å². The zero-order valence-corrected chi connectivity index (χ0v) is 12.7. The fourth-order valence-corrected chi connectivity index (χ4v) is 2.71. The number of fused-ring (bicyclic) bond motifs is 1. The molecule has 0 aromatic carbocycles. The molecule has 0 fully saturated rings. The van der Waals surface area contributed by atoms with E-state index in [0.29, 0.717) is 18.4 Å². The molecule has 0 unspecified atom stereocenters. The van der Waals surface area contributed by atoms with E-state index >= 15 is 0 Å². The van der Waals surface area contributed by atoms with Gasteiger partial charge < -0.3 is 10.3 Å². The molecule has 0 aliphatic rings. The Bertz CT molecular complexity index is 991. The molecule has 4 rings (SSSR count). The lowest BCUT2D eigenvalue weighted by molar-refractivity contribution is 0.706. The minimum absolute atomic E-state index is 0.297. The van der Waals surface area contributed by atoms with Crippen LogP contribution in [-0.4, -0.2) is 39.1 Å². The third kappa shape index (κ3) is 1.97. The van der Waals surface area contributed by atoms with Gasteiger partial charge in [0, 0.05) is 37.1 Å². The van der Waals surface area contributed by atoms with Crippen LogP contribution in [0.1, 0.15) is 6.92 Å². The fourth-order valence-electron chi connectivity index (χ4n) is 2.71. The van der Waals surface area contributed by atoms with Crippen LogP contribution < -0.4 is 5.73 Å². The molecule has 116 valence electrons. The summed E-state index contributed by atoms with van der Waals surface area (Å²) in [6.07, 6.45) is 8.73. The number of rotatable bonds is 3. The van der Waals surface area contributed by atoms with E-state index in [2.05, 4.69) is 25.1 Å². The maximum atomic E-state index is 5.88. The molecule has 9 heteroatoms. The molecule has 0 saturated heterocycles. The number of aromatic nitrogens is 8. The highest BCUT2D eigenvalue weighted by atomic mass is 15.4. The Morgan fingerprint density at radius 3 is 2.70 bits per heavy atom. The third-order valence-corrected chi connectivity index (χ3v) is 3.73. The van der Waals surface area contributed by atoms with Gasteiger partial charge in [-0.05, 0) is 6.92 Å². The smallest absolute Gasteiger partial charge is 0.235 e. The van der Waals surface area contributed by atoms with Crippen molar-refractivity contribution in [2.75, 3.05) is 5.73 Å². The van der Waals surface area contributed by atoms with Crippen LogP contribution in [0.2, 0.25) is 0 Å². The first kappa shape index (κ1) is 13.4. The summed E-state index contributed by atoms with van der Waals surface area (Å²) in [5, 5.41) is 8.39. The van der Waals surface area contributed by atoms with Crippen molar-refractivity contribution in [2.45, 2.75) is 13.5 Å². The van der Waals surface area contributed by atoms with Crippen molar-refractivity contribution in [3.05, 3.63) is 31.1 Å². The summed E-state index contributed by atoms with van der Waals surface area (Å²) in [6.45, 7) is 2.76. The summed E-state index contributed by atoms with van der Waals surface area (Å²) in [6, 6.07) is 0. The van der Waals surface area contributed by atoms with E-state index in [9.17, 15) is 0 Å². The van der Waals surface area contributed by atoms with Gasteiger partial charge in [-0.2, -0.15) is 19.9 Å². The van der Waals surface area contributed by atoms with Gasteiger partial charge in [0.25, 0.3) is 0 Å². The Kier molecular flexibility index (Phi) is 2.86. The predicted octanol–water partition coefficient (Wildman–Crippen LogP) is 1.01. The van der Waals surface area contributed by atoms with Gasteiger partial charge in [-0.1, -0.05) is 0 Å². The number of aryl methyl sites for hydroxylation is 2. The van der Waals surface area contributed by atoms with E-state index in [0.717, 1.165) is 22.2 Å². The molecule has 0 spiro atoms. The minimum atomic E-state index is 0.297. The number of nitrogens with two attached hydrogens (primary N) is 1. The third-order valence-electron chi connectivity index (χ3n) is 3.73. The van der Waals surface area contributed by atoms with E-state index in [1.165, 1.54) is 11.0 Å². The Labute approximate surface area is 131 Å². The van der Waals surface area contributed by atoms with Gasteiger partial charge in [0.15, 0.2) is 0 Å². The molecule has 0 saturated carbocycles. The molecule has 0 atom stereocenters. The van der Waals surface area contributed by atoms with Gasteiger partial charge in [-0.25, -0.2) is 4.98 Å². The van der Waals surface area contributed by atoms with Crippen LogP contribution in [0.5, 0.6) is 0 Å². The molecule has 0 radical (unpaired) electrons. The SMILES string of the molecule is CCn1c(-n2ncnc2N)nc2cncc(-c3cnn(C)c3)c21. The lowest BCUT2D eigenvalue weighted by Crippen LogP contribution is -2.10. The molecule has 9 nitrogen and oxygen atoms in total. The second-order valence-electron chi connectivity index (χ2n) is 5.14. The average Bonchev–Trinajstić information content (AvgIpc) is 3.24. The second-order valence-corrected chi connectivity index (χ2v) is 5.14. The monoisotopic (exact) mass is 309 g/mol. The Hall–Kier alpha value is -3.23. The summed E-state index contributed by atoms with van der Waals surface area (Å²) >= 11 is 0. The highest BCUT2D eigenvalue weighted by Gasteiger charge is 2.18. The molecule has 2 N–H and O–H groups in total.